The quantitative estimate of drug-likeness (QED) is 0.717. The van der Waals surface area contributed by atoms with E-state index in [1.165, 1.54) is 24.3 Å². The molecule has 0 heterocycles. The van der Waals surface area contributed by atoms with E-state index < -0.39 is 18.5 Å². The second-order valence-corrected chi connectivity index (χ2v) is 5.42. The van der Waals surface area contributed by atoms with E-state index in [4.69, 9.17) is 5.11 Å². The maximum absolute atomic E-state index is 12.3. The van der Waals surface area contributed by atoms with Crippen molar-refractivity contribution < 1.29 is 19.8 Å². The predicted octanol–water partition coefficient (Wildman–Crippen LogP) is 2.13. The first kappa shape index (κ1) is 17.2. The number of thioether (sulfide) groups is 1. The van der Waals surface area contributed by atoms with E-state index in [2.05, 4.69) is 5.32 Å². The topological polar surface area (TPSA) is 89.9 Å². The smallest absolute Gasteiger partial charge is 0.323 e. The molecule has 116 valence electrons. The highest BCUT2D eigenvalue weighted by Crippen LogP contribution is 2.18. The van der Waals surface area contributed by atoms with Gasteiger partial charge in [0.1, 0.15) is 12.3 Å². The summed E-state index contributed by atoms with van der Waals surface area (Å²) in [6.07, 6.45) is 2.72. The lowest BCUT2D eigenvalue weighted by Crippen LogP contribution is -2.47. The molecule has 0 radical (unpaired) electrons. The maximum atomic E-state index is 12.3. The van der Waals surface area contributed by atoms with Crippen molar-refractivity contribution in [2.45, 2.75) is 19.4 Å². The summed E-state index contributed by atoms with van der Waals surface area (Å²) in [5.41, 5.74) is 0.423. The monoisotopic (exact) mass is 312 g/mol. The molecule has 0 aromatic heterocycles. The van der Waals surface area contributed by atoms with E-state index in [0.29, 0.717) is 5.69 Å². The number of aliphatic carboxylic acids is 1. The summed E-state index contributed by atoms with van der Waals surface area (Å²) in [6.45, 7) is 1.52. The Bertz CT molecular complexity index is 478. The number of rotatable bonds is 7. The van der Waals surface area contributed by atoms with Crippen LogP contribution in [0.2, 0.25) is 0 Å². The lowest BCUT2D eigenvalue weighted by atomic mass is 10.2. The van der Waals surface area contributed by atoms with Crippen LogP contribution in [-0.2, 0) is 4.79 Å². The van der Waals surface area contributed by atoms with Crippen LogP contribution in [0.4, 0.5) is 10.5 Å². The Morgan fingerprint density at radius 2 is 1.95 bits per heavy atom. The number of carboxylic acids is 1. The molecule has 0 aliphatic rings. The minimum atomic E-state index is -1.10. The van der Waals surface area contributed by atoms with Gasteiger partial charge in [0.15, 0.2) is 0 Å². The van der Waals surface area contributed by atoms with Gasteiger partial charge in [-0.3, -0.25) is 9.69 Å². The summed E-state index contributed by atoms with van der Waals surface area (Å²) in [7, 11) is 0. The van der Waals surface area contributed by atoms with Gasteiger partial charge in [-0.25, -0.2) is 4.79 Å². The predicted molar refractivity (Wildman–Crippen MR) is 84.1 cm³/mol. The van der Waals surface area contributed by atoms with Crippen molar-refractivity contribution in [1.29, 1.82) is 0 Å². The maximum Gasteiger partial charge on any atom is 0.323 e. The van der Waals surface area contributed by atoms with Crippen LogP contribution in [0, 0.1) is 0 Å². The average Bonchev–Trinajstić information content (AvgIpc) is 2.45. The molecule has 7 heteroatoms. The summed E-state index contributed by atoms with van der Waals surface area (Å²) >= 11 is 1.62. The third-order valence-electron chi connectivity index (χ3n) is 2.89. The van der Waals surface area contributed by atoms with E-state index in [9.17, 15) is 14.7 Å². The number of phenols is 1. The van der Waals surface area contributed by atoms with Gasteiger partial charge in [0.25, 0.3) is 0 Å². The highest BCUT2D eigenvalue weighted by atomic mass is 32.2. The van der Waals surface area contributed by atoms with Crippen LogP contribution in [0.3, 0.4) is 0 Å². The number of urea groups is 1. The highest BCUT2D eigenvalue weighted by Gasteiger charge is 2.21. The lowest BCUT2D eigenvalue weighted by Gasteiger charge is -2.24. The van der Waals surface area contributed by atoms with Crippen LogP contribution in [-0.4, -0.2) is 46.8 Å². The second kappa shape index (κ2) is 8.41. The number of carbonyl (C=O) groups is 2. The van der Waals surface area contributed by atoms with Crippen LogP contribution >= 0.6 is 11.8 Å². The molecule has 3 N–H and O–H groups in total. The summed E-state index contributed by atoms with van der Waals surface area (Å²) < 4.78 is 0. The summed E-state index contributed by atoms with van der Waals surface area (Å²) in [6, 6.07) is 5.37. The van der Waals surface area contributed by atoms with Crippen LogP contribution < -0.4 is 10.2 Å². The number of hydrogen-bond donors (Lipinski definition) is 3. The van der Waals surface area contributed by atoms with Crippen LogP contribution in [0.15, 0.2) is 24.3 Å². The fourth-order valence-electron chi connectivity index (χ4n) is 1.76. The number of aromatic hydroxyl groups is 1. The Morgan fingerprint density at radius 1 is 1.33 bits per heavy atom. The standard InChI is InChI=1S/C14H20N2O4S/c1-3-10(9-21-2)15-14(20)16(8-13(18)19)11-4-6-12(17)7-5-11/h4-7,10,17H,3,8-9H2,1-2H3,(H,15,20)(H,18,19). The fourth-order valence-corrected chi connectivity index (χ4v) is 2.48. The van der Waals surface area contributed by atoms with Crippen molar-refractivity contribution >= 4 is 29.4 Å². The summed E-state index contributed by atoms with van der Waals surface area (Å²) in [5.74, 6) is -0.280. The lowest BCUT2D eigenvalue weighted by molar-refractivity contribution is -0.135. The van der Waals surface area contributed by atoms with Crippen LogP contribution in [0.25, 0.3) is 0 Å². The third-order valence-corrected chi connectivity index (χ3v) is 3.62. The number of benzene rings is 1. The molecular formula is C14H20N2O4S. The van der Waals surface area contributed by atoms with Gasteiger partial charge in [-0.05, 0) is 36.9 Å². The molecule has 6 nitrogen and oxygen atoms in total. The van der Waals surface area contributed by atoms with Crippen molar-refractivity contribution in [3.8, 4) is 5.75 Å². The molecule has 0 aliphatic heterocycles. The summed E-state index contributed by atoms with van der Waals surface area (Å²) in [5, 5.41) is 21.1. The van der Waals surface area contributed by atoms with Crippen LogP contribution in [0.5, 0.6) is 5.75 Å². The zero-order valence-electron chi connectivity index (χ0n) is 12.1. The first-order valence-corrected chi connectivity index (χ1v) is 7.95. The van der Waals surface area contributed by atoms with Gasteiger partial charge in [0.05, 0.1) is 0 Å². The Hall–Kier alpha value is -1.89. The number of carboxylic acid groups (broad SMARTS) is 1. The van der Waals surface area contributed by atoms with Gasteiger partial charge < -0.3 is 15.5 Å². The van der Waals surface area contributed by atoms with E-state index >= 15 is 0 Å². The third kappa shape index (κ3) is 5.55. The molecule has 1 unspecified atom stereocenters. The van der Waals surface area contributed by atoms with Gasteiger partial charge in [0, 0.05) is 17.5 Å². The Balaban J connectivity index is 2.88. The number of carbonyl (C=O) groups excluding carboxylic acids is 1. The molecule has 0 aliphatic carbocycles. The molecule has 0 saturated carbocycles. The van der Waals surface area contributed by atoms with E-state index in [-0.39, 0.29) is 11.8 Å². The number of nitrogens with one attached hydrogen (secondary N) is 1. The molecular weight excluding hydrogens is 292 g/mol. The molecule has 0 bridgehead atoms. The Morgan fingerprint density at radius 3 is 2.43 bits per heavy atom. The Kier molecular flexibility index (Phi) is 6.87. The second-order valence-electron chi connectivity index (χ2n) is 4.51. The minimum absolute atomic E-state index is 0.0130. The van der Waals surface area contributed by atoms with Crippen molar-refractivity contribution in [2.24, 2.45) is 0 Å². The molecule has 0 fully saturated rings. The van der Waals surface area contributed by atoms with Crippen molar-refractivity contribution in [3.05, 3.63) is 24.3 Å². The van der Waals surface area contributed by atoms with E-state index in [0.717, 1.165) is 17.1 Å². The van der Waals surface area contributed by atoms with Gasteiger partial charge >= 0.3 is 12.0 Å². The molecule has 2 amide bonds. The fraction of sp³-hybridized carbons (Fsp3) is 0.429. The number of amides is 2. The Labute approximate surface area is 128 Å². The molecule has 1 rings (SSSR count). The normalized spacial score (nSPS) is 11.7. The van der Waals surface area contributed by atoms with Gasteiger partial charge in [-0.2, -0.15) is 11.8 Å². The summed E-state index contributed by atoms with van der Waals surface area (Å²) in [4.78, 5) is 24.4. The largest absolute Gasteiger partial charge is 0.508 e. The number of hydrogen-bond acceptors (Lipinski definition) is 4. The van der Waals surface area contributed by atoms with Crippen molar-refractivity contribution in [3.63, 3.8) is 0 Å². The number of nitrogens with zero attached hydrogens (tertiary/aromatic N) is 1. The molecule has 0 saturated heterocycles. The van der Waals surface area contributed by atoms with Crippen molar-refractivity contribution in [1.82, 2.24) is 5.32 Å². The van der Waals surface area contributed by atoms with Gasteiger partial charge in [-0.1, -0.05) is 6.92 Å². The number of anilines is 1. The van der Waals surface area contributed by atoms with Gasteiger partial charge in [-0.15, -0.1) is 0 Å². The molecule has 0 spiro atoms. The highest BCUT2D eigenvalue weighted by molar-refractivity contribution is 7.98. The van der Waals surface area contributed by atoms with Crippen LogP contribution in [0.1, 0.15) is 13.3 Å². The zero-order valence-corrected chi connectivity index (χ0v) is 12.9. The molecule has 1 aromatic rings. The molecule has 1 atom stereocenters. The molecule has 1 aromatic carbocycles. The van der Waals surface area contributed by atoms with E-state index in [1.807, 2.05) is 13.2 Å². The average molecular weight is 312 g/mol. The van der Waals surface area contributed by atoms with Crippen molar-refractivity contribution in [2.75, 3.05) is 23.5 Å². The first-order chi connectivity index (χ1) is 9.97. The zero-order chi connectivity index (χ0) is 15.8. The minimum Gasteiger partial charge on any atom is -0.508 e. The van der Waals surface area contributed by atoms with E-state index in [1.54, 1.807) is 11.8 Å². The first-order valence-electron chi connectivity index (χ1n) is 6.55. The molecule has 21 heavy (non-hydrogen) atoms. The SMILES string of the molecule is CCC(CSC)NC(=O)N(CC(=O)O)c1ccc(O)cc1. The van der Waals surface area contributed by atoms with Gasteiger partial charge in [0.2, 0.25) is 0 Å². The number of phenolic OH excluding ortho intramolecular Hbond substituents is 1.